The average Bonchev–Trinajstić information content (AvgIpc) is 2.71. The Morgan fingerprint density at radius 2 is 1.85 bits per heavy atom. The summed E-state index contributed by atoms with van der Waals surface area (Å²) in [5.41, 5.74) is 0.776. The van der Waals surface area contributed by atoms with E-state index in [2.05, 4.69) is 11.4 Å². The van der Waals surface area contributed by atoms with E-state index in [0.29, 0.717) is 25.5 Å². The number of hydrogen-bond donors (Lipinski definition) is 1. The van der Waals surface area contributed by atoms with Gasteiger partial charge in [0.2, 0.25) is 0 Å². The summed E-state index contributed by atoms with van der Waals surface area (Å²) >= 11 is 0. The van der Waals surface area contributed by atoms with Crippen molar-refractivity contribution >= 4 is 22.6 Å². The van der Waals surface area contributed by atoms with Gasteiger partial charge in [0.1, 0.15) is 0 Å². The van der Waals surface area contributed by atoms with Gasteiger partial charge in [-0.1, -0.05) is 36.4 Å². The van der Waals surface area contributed by atoms with Crippen molar-refractivity contribution in [1.82, 2.24) is 10.2 Å². The molecule has 1 saturated heterocycles. The van der Waals surface area contributed by atoms with Crippen molar-refractivity contribution in [3.05, 3.63) is 48.0 Å². The Bertz CT molecular complexity index is 782. The van der Waals surface area contributed by atoms with Crippen LogP contribution in [-0.2, 0) is 4.74 Å². The zero-order valence-corrected chi connectivity index (χ0v) is 15.9. The van der Waals surface area contributed by atoms with Crippen molar-refractivity contribution in [2.45, 2.75) is 26.2 Å². The van der Waals surface area contributed by atoms with Gasteiger partial charge in [-0.05, 0) is 49.1 Å². The molecule has 1 amide bonds. The zero-order chi connectivity index (χ0) is 19.1. The molecule has 3 rings (SSSR count). The average molecular weight is 368 g/mol. The molecule has 0 radical (unpaired) electrons. The molecule has 1 fully saturated rings. The number of nitrogens with one attached hydrogen (secondary N) is 1. The lowest BCUT2D eigenvalue weighted by Crippen LogP contribution is -2.41. The van der Waals surface area contributed by atoms with E-state index in [4.69, 9.17) is 4.74 Å². The first-order valence-corrected chi connectivity index (χ1v) is 9.82. The highest BCUT2D eigenvalue weighted by atomic mass is 16.6. The van der Waals surface area contributed by atoms with Gasteiger partial charge in [-0.2, -0.15) is 0 Å². The van der Waals surface area contributed by atoms with E-state index in [0.717, 1.165) is 48.8 Å². The van der Waals surface area contributed by atoms with E-state index in [1.165, 1.54) is 0 Å². The first-order chi connectivity index (χ1) is 13.2. The van der Waals surface area contributed by atoms with Gasteiger partial charge in [-0.15, -0.1) is 0 Å². The minimum atomic E-state index is -0.204. The summed E-state index contributed by atoms with van der Waals surface area (Å²) in [6, 6.07) is 14.0. The second kappa shape index (κ2) is 9.51. The number of carbonyl (C=O) groups excluding carboxylic acids is 2. The molecular formula is C22H28N2O3. The van der Waals surface area contributed by atoms with E-state index in [-0.39, 0.29) is 11.9 Å². The van der Waals surface area contributed by atoms with E-state index in [1.807, 2.05) is 43.3 Å². The molecule has 0 aliphatic carbocycles. The number of piperidine rings is 1. The number of carbonyl (C=O) groups is 2. The molecule has 0 spiro atoms. The third-order valence-electron chi connectivity index (χ3n) is 5.17. The number of likely N-dealkylation sites (tertiary alicyclic amines) is 1. The van der Waals surface area contributed by atoms with Crippen LogP contribution in [0.25, 0.3) is 10.8 Å². The lowest BCUT2D eigenvalue weighted by molar-refractivity contribution is 0.0910. The molecule has 1 aliphatic rings. The Kier molecular flexibility index (Phi) is 6.82. The fourth-order valence-corrected chi connectivity index (χ4v) is 3.55. The monoisotopic (exact) mass is 368 g/mol. The molecule has 0 aromatic heterocycles. The minimum Gasteiger partial charge on any atom is -0.450 e. The first-order valence-electron chi connectivity index (χ1n) is 9.82. The number of nitrogens with zero attached hydrogens (tertiary/aromatic N) is 1. The van der Waals surface area contributed by atoms with Crippen LogP contribution in [0.2, 0.25) is 0 Å². The third kappa shape index (κ3) is 5.30. The van der Waals surface area contributed by atoms with Gasteiger partial charge in [0.25, 0.3) is 0 Å². The molecule has 27 heavy (non-hydrogen) atoms. The highest BCUT2D eigenvalue weighted by molar-refractivity contribution is 6.00. The Hall–Kier alpha value is -2.40. The topological polar surface area (TPSA) is 58.6 Å². The predicted molar refractivity (Wildman–Crippen MR) is 107 cm³/mol. The van der Waals surface area contributed by atoms with Gasteiger partial charge >= 0.3 is 6.09 Å². The molecule has 2 aromatic rings. The highest BCUT2D eigenvalue weighted by Crippen LogP contribution is 2.18. The Labute approximate surface area is 160 Å². The summed E-state index contributed by atoms with van der Waals surface area (Å²) in [6.45, 7) is 5.33. The standard InChI is InChI=1S/C22H28N2O3/c1-2-27-22(26)24-13-10-17(11-14-24)16-23-12-9-21(25)20-8-7-18-5-3-4-6-19(18)15-20/h3-8,15,17,23H,2,9-14,16H2,1H3. The number of rotatable bonds is 7. The SMILES string of the molecule is CCOC(=O)N1CCC(CNCCC(=O)c2ccc3ccccc3c2)CC1. The van der Waals surface area contributed by atoms with Gasteiger partial charge in [-0.3, -0.25) is 4.79 Å². The highest BCUT2D eigenvalue weighted by Gasteiger charge is 2.23. The third-order valence-corrected chi connectivity index (χ3v) is 5.17. The fraction of sp³-hybridized carbons (Fsp3) is 0.455. The van der Waals surface area contributed by atoms with Crippen molar-refractivity contribution in [3.63, 3.8) is 0 Å². The Morgan fingerprint density at radius 1 is 1.11 bits per heavy atom. The van der Waals surface area contributed by atoms with Gasteiger partial charge < -0.3 is 15.0 Å². The Balaban J connectivity index is 1.37. The van der Waals surface area contributed by atoms with Crippen LogP contribution in [0.15, 0.2) is 42.5 Å². The summed E-state index contributed by atoms with van der Waals surface area (Å²) in [4.78, 5) is 25.9. The molecule has 0 bridgehead atoms. The molecule has 2 aromatic carbocycles. The zero-order valence-electron chi connectivity index (χ0n) is 15.9. The maximum absolute atomic E-state index is 12.4. The van der Waals surface area contributed by atoms with Gasteiger partial charge in [0, 0.05) is 31.6 Å². The number of fused-ring (bicyclic) bond motifs is 1. The van der Waals surface area contributed by atoms with Crippen molar-refractivity contribution in [1.29, 1.82) is 0 Å². The number of ether oxygens (including phenoxy) is 1. The maximum atomic E-state index is 12.4. The maximum Gasteiger partial charge on any atom is 0.409 e. The normalized spacial score (nSPS) is 15.1. The minimum absolute atomic E-state index is 0.172. The molecule has 0 atom stereocenters. The van der Waals surface area contributed by atoms with E-state index in [9.17, 15) is 9.59 Å². The van der Waals surface area contributed by atoms with Gasteiger partial charge in [0.05, 0.1) is 6.61 Å². The van der Waals surface area contributed by atoms with Crippen molar-refractivity contribution in [2.24, 2.45) is 5.92 Å². The molecule has 144 valence electrons. The van der Waals surface area contributed by atoms with Crippen LogP contribution < -0.4 is 5.32 Å². The Morgan fingerprint density at radius 3 is 2.59 bits per heavy atom. The first kappa shape index (κ1) is 19.4. The predicted octanol–water partition coefficient (Wildman–Crippen LogP) is 3.87. The summed E-state index contributed by atoms with van der Waals surface area (Å²) < 4.78 is 5.04. The molecule has 5 nitrogen and oxygen atoms in total. The van der Waals surface area contributed by atoms with Crippen LogP contribution in [0.3, 0.4) is 0 Å². The lowest BCUT2D eigenvalue weighted by atomic mass is 9.97. The van der Waals surface area contributed by atoms with E-state index < -0.39 is 0 Å². The molecule has 1 N–H and O–H groups in total. The van der Waals surface area contributed by atoms with Crippen molar-refractivity contribution in [2.75, 3.05) is 32.8 Å². The largest absolute Gasteiger partial charge is 0.450 e. The second-order valence-corrected chi connectivity index (χ2v) is 7.07. The second-order valence-electron chi connectivity index (χ2n) is 7.07. The summed E-state index contributed by atoms with van der Waals surface area (Å²) in [6.07, 6.45) is 2.25. The van der Waals surface area contributed by atoms with Crippen molar-refractivity contribution in [3.8, 4) is 0 Å². The molecule has 1 aliphatic heterocycles. The smallest absolute Gasteiger partial charge is 0.409 e. The van der Waals surface area contributed by atoms with E-state index >= 15 is 0 Å². The van der Waals surface area contributed by atoms with Crippen molar-refractivity contribution < 1.29 is 14.3 Å². The van der Waals surface area contributed by atoms with Crippen LogP contribution in [0.4, 0.5) is 4.79 Å². The van der Waals surface area contributed by atoms with Gasteiger partial charge in [-0.25, -0.2) is 4.79 Å². The van der Waals surface area contributed by atoms with E-state index in [1.54, 1.807) is 4.90 Å². The molecular weight excluding hydrogens is 340 g/mol. The number of amides is 1. The number of ketones is 1. The van der Waals surface area contributed by atoms with Crippen LogP contribution in [0.1, 0.15) is 36.5 Å². The quantitative estimate of drug-likeness (QED) is 0.595. The number of benzene rings is 2. The molecule has 5 heteroatoms. The van der Waals surface area contributed by atoms with Crippen LogP contribution in [0.5, 0.6) is 0 Å². The van der Waals surface area contributed by atoms with Crippen LogP contribution in [-0.4, -0.2) is 49.6 Å². The lowest BCUT2D eigenvalue weighted by Gasteiger charge is -2.31. The van der Waals surface area contributed by atoms with Crippen LogP contribution >= 0.6 is 0 Å². The molecule has 1 heterocycles. The summed E-state index contributed by atoms with van der Waals surface area (Å²) in [7, 11) is 0. The number of Topliss-reactive ketones (excluding diaryl/α,β-unsaturated/α-hetero) is 1. The summed E-state index contributed by atoms with van der Waals surface area (Å²) in [5, 5.41) is 5.66. The van der Waals surface area contributed by atoms with Gasteiger partial charge in [0.15, 0.2) is 5.78 Å². The molecule has 0 unspecified atom stereocenters. The fourth-order valence-electron chi connectivity index (χ4n) is 3.55. The van der Waals surface area contributed by atoms with Crippen LogP contribution in [0, 0.1) is 5.92 Å². The molecule has 0 saturated carbocycles. The number of hydrogen-bond acceptors (Lipinski definition) is 4. The summed E-state index contributed by atoms with van der Waals surface area (Å²) in [5.74, 6) is 0.719.